The van der Waals surface area contributed by atoms with Gasteiger partial charge in [-0.2, -0.15) is 0 Å². The van der Waals surface area contributed by atoms with E-state index in [1.165, 1.54) is 6.07 Å². The van der Waals surface area contributed by atoms with Crippen LogP contribution < -0.4 is 4.74 Å². The number of benzene rings is 1. The SMILES string of the molecule is C#CCOc1c(I)cc(F)cc1C=O. The molecule has 0 fully saturated rings. The highest BCUT2D eigenvalue weighted by molar-refractivity contribution is 14.1. The lowest BCUT2D eigenvalue weighted by atomic mass is 10.2. The highest BCUT2D eigenvalue weighted by Gasteiger charge is 2.09. The van der Waals surface area contributed by atoms with Crippen LogP contribution in [-0.2, 0) is 0 Å². The molecule has 14 heavy (non-hydrogen) atoms. The first-order valence-corrected chi connectivity index (χ1v) is 4.77. The molecule has 0 heterocycles. The lowest BCUT2D eigenvalue weighted by Crippen LogP contribution is -2.00. The number of halogens is 2. The molecule has 2 nitrogen and oxygen atoms in total. The van der Waals surface area contributed by atoms with Crippen LogP contribution >= 0.6 is 22.6 Å². The van der Waals surface area contributed by atoms with Crippen molar-refractivity contribution in [2.45, 2.75) is 0 Å². The minimum Gasteiger partial charge on any atom is -0.479 e. The molecule has 0 spiro atoms. The Hall–Kier alpha value is -1.09. The maximum absolute atomic E-state index is 12.9. The second-order valence-corrected chi connectivity index (χ2v) is 3.58. The maximum Gasteiger partial charge on any atom is 0.153 e. The van der Waals surface area contributed by atoms with Crippen molar-refractivity contribution < 1.29 is 13.9 Å². The van der Waals surface area contributed by atoms with Crippen molar-refractivity contribution >= 4 is 28.9 Å². The van der Waals surface area contributed by atoms with Crippen LogP contribution in [0.2, 0.25) is 0 Å². The van der Waals surface area contributed by atoms with Gasteiger partial charge in [-0.05, 0) is 34.7 Å². The second-order valence-electron chi connectivity index (χ2n) is 2.42. The normalized spacial score (nSPS) is 9.21. The molecule has 0 atom stereocenters. The molecule has 0 saturated carbocycles. The van der Waals surface area contributed by atoms with Gasteiger partial charge in [0.1, 0.15) is 18.2 Å². The van der Waals surface area contributed by atoms with E-state index >= 15 is 0 Å². The van der Waals surface area contributed by atoms with E-state index < -0.39 is 5.82 Å². The third-order valence-corrected chi connectivity index (χ3v) is 2.27. The highest BCUT2D eigenvalue weighted by Crippen LogP contribution is 2.25. The first kappa shape index (κ1) is 11.0. The predicted octanol–water partition coefficient (Wildman–Crippen LogP) is 2.25. The molecular weight excluding hydrogens is 298 g/mol. The molecule has 1 rings (SSSR count). The molecular formula is C10H6FIO2. The standard InChI is InChI=1S/C10H6FIO2/c1-2-3-14-10-7(6-13)4-8(11)5-9(10)12/h1,4-6H,3H2. The van der Waals surface area contributed by atoms with Gasteiger partial charge < -0.3 is 4.74 Å². The van der Waals surface area contributed by atoms with Crippen molar-refractivity contribution in [1.82, 2.24) is 0 Å². The summed E-state index contributed by atoms with van der Waals surface area (Å²) in [5.41, 5.74) is 0.171. The van der Waals surface area contributed by atoms with Crippen molar-refractivity contribution in [1.29, 1.82) is 0 Å². The number of hydrogen-bond donors (Lipinski definition) is 0. The summed E-state index contributed by atoms with van der Waals surface area (Å²) in [4.78, 5) is 10.6. The summed E-state index contributed by atoms with van der Waals surface area (Å²) in [5.74, 6) is 2.14. The van der Waals surface area contributed by atoms with Crippen molar-refractivity contribution in [2.75, 3.05) is 6.61 Å². The van der Waals surface area contributed by atoms with E-state index in [0.29, 0.717) is 15.6 Å². The summed E-state index contributed by atoms with van der Waals surface area (Å²) < 4.78 is 18.5. The van der Waals surface area contributed by atoms with Crippen LogP contribution in [0, 0.1) is 21.7 Å². The Balaban J connectivity index is 3.13. The van der Waals surface area contributed by atoms with Gasteiger partial charge in [0.05, 0.1) is 9.13 Å². The Kier molecular flexibility index (Phi) is 3.89. The first-order valence-electron chi connectivity index (χ1n) is 3.69. The van der Waals surface area contributed by atoms with E-state index in [9.17, 15) is 9.18 Å². The maximum atomic E-state index is 12.9. The Labute approximate surface area is 94.6 Å². The molecule has 0 bridgehead atoms. The molecule has 0 radical (unpaired) electrons. The quantitative estimate of drug-likeness (QED) is 0.486. The zero-order valence-electron chi connectivity index (χ0n) is 7.09. The van der Waals surface area contributed by atoms with Gasteiger partial charge in [-0.3, -0.25) is 4.79 Å². The van der Waals surface area contributed by atoms with Crippen LogP contribution in [0.5, 0.6) is 5.75 Å². The van der Waals surface area contributed by atoms with Crippen molar-refractivity contribution in [3.8, 4) is 18.1 Å². The van der Waals surface area contributed by atoms with Crippen LogP contribution in [0.25, 0.3) is 0 Å². The number of hydrogen-bond acceptors (Lipinski definition) is 2. The molecule has 0 aliphatic rings. The number of carbonyl (C=O) groups is 1. The third-order valence-electron chi connectivity index (χ3n) is 1.46. The molecule has 1 aromatic rings. The summed E-state index contributed by atoms with van der Waals surface area (Å²) in [6, 6.07) is 2.39. The van der Waals surface area contributed by atoms with Crippen molar-refractivity contribution in [3.63, 3.8) is 0 Å². The lowest BCUT2D eigenvalue weighted by Gasteiger charge is -2.07. The van der Waals surface area contributed by atoms with Gasteiger partial charge in [0, 0.05) is 0 Å². The van der Waals surface area contributed by atoms with E-state index in [1.807, 2.05) is 22.6 Å². The van der Waals surface area contributed by atoms with Gasteiger partial charge in [0.25, 0.3) is 0 Å². The van der Waals surface area contributed by atoms with E-state index in [-0.39, 0.29) is 12.2 Å². The monoisotopic (exact) mass is 304 g/mol. The van der Waals surface area contributed by atoms with Crippen LogP contribution in [0.3, 0.4) is 0 Å². The Bertz CT molecular complexity index is 396. The lowest BCUT2D eigenvalue weighted by molar-refractivity contribution is 0.111. The van der Waals surface area contributed by atoms with Gasteiger partial charge in [0.15, 0.2) is 6.29 Å². The van der Waals surface area contributed by atoms with Crippen LogP contribution in [0.1, 0.15) is 10.4 Å². The molecule has 0 saturated heterocycles. The van der Waals surface area contributed by atoms with E-state index in [4.69, 9.17) is 11.2 Å². The molecule has 0 N–H and O–H groups in total. The zero-order chi connectivity index (χ0) is 10.6. The number of rotatable bonds is 3. The summed E-state index contributed by atoms with van der Waals surface area (Å²) >= 11 is 1.88. The van der Waals surface area contributed by atoms with Crippen LogP contribution in [0.15, 0.2) is 12.1 Å². The number of carbonyl (C=O) groups excluding carboxylic acids is 1. The smallest absolute Gasteiger partial charge is 0.153 e. The second kappa shape index (κ2) is 4.96. The summed E-state index contributed by atoms with van der Waals surface area (Å²) in [6.07, 6.45) is 5.55. The van der Waals surface area contributed by atoms with Crippen molar-refractivity contribution in [2.24, 2.45) is 0 Å². The minimum absolute atomic E-state index is 0.0580. The predicted molar refractivity (Wildman–Crippen MR) is 58.8 cm³/mol. The molecule has 72 valence electrons. The molecule has 0 aliphatic heterocycles. The zero-order valence-corrected chi connectivity index (χ0v) is 9.25. The fourth-order valence-corrected chi connectivity index (χ4v) is 1.70. The minimum atomic E-state index is -0.468. The fourth-order valence-electron chi connectivity index (χ4n) is 0.934. The molecule has 1 aromatic carbocycles. The van der Waals surface area contributed by atoms with E-state index in [2.05, 4.69) is 5.92 Å². The summed E-state index contributed by atoms with van der Waals surface area (Å²) in [5, 5.41) is 0. The molecule has 0 amide bonds. The van der Waals surface area contributed by atoms with Crippen molar-refractivity contribution in [3.05, 3.63) is 27.1 Å². The summed E-state index contributed by atoms with van der Waals surface area (Å²) in [6.45, 7) is 0.0580. The Morgan fingerprint density at radius 1 is 1.64 bits per heavy atom. The average molecular weight is 304 g/mol. The number of aldehydes is 1. The van der Waals surface area contributed by atoms with Gasteiger partial charge in [-0.1, -0.05) is 5.92 Å². The molecule has 0 unspecified atom stereocenters. The topological polar surface area (TPSA) is 26.3 Å². The highest BCUT2D eigenvalue weighted by atomic mass is 127. The Morgan fingerprint density at radius 3 is 2.93 bits per heavy atom. The van der Waals surface area contributed by atoms with Crippen LogP contribution in [0.4, 0.5) is 4.39 Å². The van der Waals surface area contributed by atoms with Gasteiger partial charge in [-0.25, -0.2) is 4.39 Å². The number of terminal acetylenes is 1. The molecule has 0 aliphatic carbocycles. The van der Waals surface area contributed by atoms with Gasteiger partial charge in [-0.15, -0.1) is 6.42 Å². The van der Waals surface area contributed by atoms with E-state index in [0.717, 1.165) is 6.07 Å². The third kappa shape index (κ3) is 2.45. The van der Waals surface area contributed by atoms with Gasteiger partial charge >= 0.3 is 0 Å². The fraction of sp³-hybridized carbons (Fsp3) is 0.100. The average Bonchev–Trinajstić information content (AvgIpc) is 2.15. The summed E-state index contributed by atoms with van der Waals surface area (Å²) in [7, 11) is 0. The first-order chi connectivity index (χ1) is 6.69. The number of ether oxygens (including phenoxy) is 1. The molecule has 0 aromatic heterocycles. The molecule has 4 heteroatoms. The largest absolute Gasteiger partial charge is 0.479 e. The van der Waals surface area contributed by atoms with E-state index in [1.54, 1.807) is 0 Å². The van der Waals surface area contributed by atoms with Gasteiger partial charge in [0.2, 0.25) is 0 Å². The van der Waals surface area contributed by atoms with Crippen LogP contribution in [-0.4, -0.2) is 12.9 Å². The Morgan fingerprint density at radius 2 is 2.36 bits per heavy atom.